The molecule has 0 bridgehead atoms. The maximum Gasteiger partial charge on any atom is 0.165 e. The van der Waals surface area contributed by atoms with E-state index in [4.69, 9.17) is 11.5 Å². The van der Waals surface area contributed by atoms with Crippen molar-refractivity contribution in [3.05, 3.63) is 25.3 Å². The van der Waals surface area contributed by atoms with Crippen molar-refractivity contribution in [1.82, 2.24) is 39.0 Å². The van der Waals surface area contributed by atoms with E-state index in [-0.39, 0.29) is 0 Å². The molecule has 4 rings (SSSR count). The summed E-state index contributed by atoms with van der Waals surface area (Å²) in [5, 5.41) is 0. The first-order chi connectivity index (χ1) is 13.7. The van der Waals surface area contributed by atoms with Crippen LogP contribution in [0.2, 0.25) is 0 Å². The molecule has 0 radical (unpaired) electrons. The van der Waals surface area contributed by atoms with Crippen molar-refractivity contribution in [3.63, 3.8) is 0 Å². The fourth-order valence-corrected chi connectivity index (χ4v) is 3.40. The molecule has 0 atom stereocenters. The van der Waals surface area contributed by atoms with Crippen LogP contribution >= 0.6 is 0 Å². The third-order valence-electron chi connectivity index (χ3n) is 4.91. The zero-order valence-corrected chi connectivity index (χ0v) is 15.7. The van der Waals surface area contributed by atoms with E-state index in [9.17, 15) is 0 Å². The lowest BCUT2D eigenvalue weighted by molar-refractivity contribution is 0.536. The van der Waals surface area contributed by atoms with Crippen molar-refractivity contribution in [3.8, 4) is 0 Å². The van der Waals surface area contributed by atoms with E-state index < -0.39 is 0 Å². The SMILES string of the molecule is Nc1ncnc2c1ncn2CCCCCCCCn1cnc2c(N)ncnc21. The third kappa shape index (κ3) is 3.71. The average Bonchev–Trinajstić information content (AvgIpc) is 3.30. The van der Waals surface area contributed by atoms with E-state index in [2.05, 4.69) is 29.9 Å². The number of rotatable bonds is 9. The summed E-state index contributed by atoms with van der Waals surface area (Å²) < 4.78 is 4.09. The van der Waals surface area contributed by atoms with Crippen molar-refractivity contribution < 1.29 is 0 Å². The zero-order chi connectivity index (χ0) is 19.3. The molecule has 4 heterocycles. The number of hydrogen-bond acceptors (Lipinski definition) is 8. The van der Waals surface area contributed by atoms with E-state index >= 15 is 0 Å². The highest BCUT2D eigenvalue weighted by Gasteiger charge is 2.08. The van der Waals surface area contributed by atoms with Crippen LogP contribution in [0.4, 0.5) is 11.6 Å². The summed E-state index contributed by atoms with van der Waals surface area (Å²) in [4.78, 5) is 25.1. The molecule has 10 heteroatoms. The Balaban J connectivity index is 1.15. The molecule has 0 unspecified atom stereocenters. The molecule has 4 aromatic rings. The number of anilines is 2. The Labute approximate surface area is 162 Å². The molecule has 4 aromatic heterocycles. The van der Waals surface area contributed by atoms with Gasteiger partial charge in [0.25, 0.3) is 0 Å². The molecule has 4 N–H and O–H groups in total. The van der Waals surface area contributed by atoms with Gasteiger partial charge in [-0.2, -0.15) is 0 Å². The molecule has 0 saturated heterocycles. The molecule has 0 amide bonds. The van der Waals surface area contributed by atoms with Gasteiger partial charge in [-0.3, -0.25) is 0 Å². The fourth-order valence-electron chi connectivity index (χ4n) is 3.40. The van der Waals surface area contributed by atoms with Crippen molar-refractivity contribution in [2.24, 2.45) is 0 Å². The Bertz CT molecular complexity index is 981. The molecule has 0 aliphatic rings. The molecule has 0 aromatic carbocycles. The summed E-state index contributed by atoms with van der Waals surface area (Å²) in [6.45, 7) is 1.80. The highest BCUT2D eigenvalue weighted by molar-refractivity contribution is 5.81. The number of nitrogens with zero attached hydrogens (tertiary/aromatic N) is 8. The molecule has 28 heavy (non-hydrogen) atoms. The zero-order valence-electron chi connectivity index (χ0n) is 15.7. The normalized spacial score (nSPS) is 11.6. The number of nitrogen functional groups attached to an aromatic ring is 2. The minimum atomic E-state index is 0.434. The van der Waals surface area contributed by atoms with Crippen molar-refractivity contribution in [2.45, 2.75) is 51.6 Å². The van der Waals surface area contributed by atoms with Gasteiger partial charge in [0, 0.05) is 13.1 Å². The van der Waals surface area contributed by atoms with E-state index in [1.165, 1.54) is 38.3 Å². The standard InChI is InChI=1S/C18H24N10/c19-15-13-17(23-9-21-15)27(11-25-13)7-5-3-1-2-4-6-8-28-12-26-14-16(20)22-10-24-18(14)28/h9-12H,1-8H2,(H2,19,21,23)(H2,20,22,24). The molecule has 0 spiro atoms. The van der Waals surface area contributed by atoms with Crippen LogP contribution in [0.25, 0.3) is 22.3 Å². The van der Waals surface area contributed by atoms with Crippen LogP contribution in [0, 0.1) is 0 Å². The summed E-state index contributed by atoms with van der Waals surface area (Å²) in [7, 11) is 0. The first-order valence-electron chi connectivity index (χ1n) is 9.56. The second-order valence-corrected chi connectivity index (χ2v) is 6.86. The van der Waals surface area contributed by atoms with Crippen LogP contribution in [0.1, 0.15) is 38.5 Å². The van der Waals surface area contributed by atoms with Gasteiger partial charge in [0.1, 0.15) is 23.7 Å². The number of imidazole rings is 2. The van der Waals surface area contributed by atoms with E-state index in [1.807, 2.05) is 9.13 Å². The number of hydrogen-bond donors (Lipinski definition) is 2. The van der Waals surface area contributed by atoms with Gasteiger partial charge >= 0.3 is 0 Å². The highest BCUT2D eigenvalue weighted by Crippen LogP contribution is 2.17. The van der Waals surface area contributed by atoms with Gasteiger partial charge in [0.15, 0.2) is 22.9 Å². The molecule has 0 aliphatic carbocycles. The largest absolute Gasteiger partial charge is 0.382 e. The lowest BCUT2D eigenvalue weighted by atomic mass is 10.1. The first-order valence-corrected chi connectivity index (χ1v) is 9.56. The number of aryl methyl sites for hydroxylation is 2. The summed E-state index contributed by atoms with van der Waals surface area (Å²) in [6, 6.07) is 0. The third-order valence-corrected chi connectivity index (χ3v) is 4.91. The van der Waals surface area contributed by atoms with Crippen LogP contribution in [-0.4, -0.2) is 39.0 Å². The van der Waals surface area contributed by atoms with Gasteiger partial charge in [-0.05, 0) is 12.8 Å². The van der Waals surface area contributed by atoms with E-state index in [0.29, 0.717) is 22.7 Å². The average molecular weight is 380 g/mol. The predicted molar refractivity (Wildman–Crippen MR) is 107 cm³/mol. The molecular formula is C18H24N10. The van der Waals surface area contributed by atoms with Gasteiger partial charge < -0.3 is 20.6 Å². The Kier molecular flexibility index (Phi) is 5.27. The van der Waals surface area contributed by atoms with Gasteiger partial charge in [0.2, 0.25) is 0 Å². The monoisotopic (exact) mass is 380 g/mol. The Morgan fingerprint density at radius 1 is 0.571 bits per heavy atom. The molecule has 0 fully saturated rings. The molecule has 10 nitrogen and oxygen atoms in total. The summed E-state index contributed by atoms with van der Waals surface area (Å²) >= 11 is 0. The second-order valence-electron chi connectivity index (χ2n) is 6.86. The van der Waals surface area contributed by atoms with Crippen LogP contribution in [-0.2, 0) is 13.1 Å². The van der Waals surface area contributed by atoms with Gasteiger partial charge in [0.05, 0.1) is 12.7 Å². The van der Waals surface area contributed by atoms with Gasteiger partial charge in [-0.15, -0.1) is 0 Å². The number of fused-ring (bicyclic) bond motifs is 2. The quantitative estimate of drug-likeness (QED) is 0.421. The predicted octanol–water partition coefficient (Wildman–Crippen LogP) is 2.17. The van der Waals surface area contributed by atoms with Crippen molar-refractivity contribution in [1.29, 1.82) is 0 Å². The maximum absolute atomic E-state index is 5.82. The topological polar surface area (TPSA) is 139 Å². The Morgan fingerprint density at radius 3 is 1.46 bits per heavy atom. The highest BCUT2D eigenvalue weighted by atomic mass is 15.1. The Hall–Kier alpha value is -3.30. The van der Waals surface area contributed by atoms with Crippen molar-refractivity contribution >= 4 is 34.0 Å². The fraction of sp³-hybridized carbons (Fsp3) is 0.444. The van der Waals surface area contributed by atoms with Crippen LogP contribution in [0.5, 0.6) is 0 Å². The van der Waals surface area contributed by atoms with Crippen LogP contribution in [0.15, 0.2) is 25.3 Å². The smallest absolute Gasteiger partial charge is 0.165 e. The first kappa shape index (κ1) is 18.1. The lowest BCUT2D eigenvalue weighted by Crippen LogP contribution is -2.00. The van der Waals surface area contributed by atoms with Crippen LogP contribution < -0.4 is 11.5 Å². The van der Waals surface area contributed by atoms with Gasteiger partial charge in [-0.1, -0.05) is 25.7 Å². The second kappa shape index (κ2) is 8.15. The Morgan fingerprint density at radius 2 is 1.00 bits per heavy atom. The van der Waals surface area contributed by atoms with Crippen molar-refractivity contribution in [2.75, 3.05) is 11.5 Å². The number of unbranched alkanes of at least 4 members (excludes halogenated alkanes) is 5. The van der Waals surface area contributed by atoms with E-state index in [0.717, 1.165) is 37.2 Å². The summed E-state index contributed by atoms with van der Waals surface area (Å²) in [5.74, 6) is 0.868. The number of aromatic nitrogens is 8. The minimum absolute atomic E-state index is 0.434. The van der Waals surface area contributed by atoms with Gasteiger partial charge in [-0.25, -0.2) is 29.9 Å². The molecule has 0 saturated carbocycles. The van der Waals surface area contributed by atoms with Crippen LogP contribution in [0.3, 0.4) is 0 Å². The molecule has 146 valence electrons. The number of nitrogens with two attached hydrogens (primary N) is 2. The molecule has 0 aliphatic heterocycles. The summed E-state index contributed by atoms with van der Waals surface area (Å²) in [5.41, 5.74) is 14.6. The lowest BCUT2D eigenvalue weighted by Gasteiger charge is -2.05. The maximum atomic E-state index is 5.82. The van der Waals surface area contributed by atoms with E-state index in [1.54, 1.807) is 12.7 Å². The summed E-state index contributed by atoms with van der Waals surface area (Å²) in [6.07, 6.45) is 13.5. The molecular weight excluding hydrogens is 356 g/mol. The minimum Gasteiger partial charge on any atom is -0.382 e.